The van der Waals surface area contributed by atoms with Crippen LogP contribution >= 0.6 is 0 Å². The summed E-state index contributed by atoms with van der Waals surface area (Å²) in [5, 5.41) is 0. The van der Waals surface area contributed by atoms with Crippen LogP contribution in [-0.4, -0.2) is 61.0 Å². The second kappa shape index (κ2) is 8.61. The van der Waals surface area contributed by atoms with Crippen molar-refractivity contribution in [2.45, 2.75) is 45.7 Å². The molecule has 0 bridgehead atoms. The Morgan fingerprint density at radius 1 is 1.18 bits per heavy atom. The lowest BCUT2D eigenvalue weighted by Crippen LogP contribution is -2.56. The van der Waals surface area contributed by atoms with Crippen LogP contribution in [0.5, 0.6) is 0 Å². The van der Waals surface area contributed by atoms with Gasteiger partial charge in [-0.1, -0.05) is 24.3 Å². The highest BCUT2D eigenvalue weighted by molar-refractivity contribution is 7.89. The number of ether oxygens (including phenoxy) is 1. The van der Waals surface area contributed by atoms with Crippen molar-refractivity contribution < 1.29 is 22.7 Å². The standard InChI is InChI=1S/C20H28N2O5S/c1-3-27-20(24)17-10-7-11-21(13-17)19(23)18-12-15-8-5-6-9-16(15)14-22(18)28(25,26)4-2/h5-6,8-9,17-18H,3-4,7,10-14H2,1-2H3/t17-,18-/m0/s1. The SMILES string of the molecule is CCOC(=O)[C@H]1CCCN(C(=O)[C@@H]2Cc3ccccc3CN2S(=O)(=O)CC)C1. The van der Waals surface area contributed by atoms with Gasteiger partial charge in [0.05, 0.1) is 18.3 Å². The van der Waals surface area contributed by atoms with Gasteiger partial charge in [0, 0.05) is 19.6 Å². The average molecular weight is 409 g/mol. The minimum atomic E-state index is -3.54. The van der Waals surface area contributed by atoms with Crippen LogP contribution in [0.1, 0.15) is 37.8 Å². The molecule has 0 saturated carbocycles. The molecule has 154 valence electrons. The van der Waals surface area contributed by atoms with Crippen LogP contribution in [0, 0.1) is 5.92 Å². The largest absolute Gasteiger partial charge is 0.466 e. The van der Waals surface area contributed by atoms with E-state index in [1.54, 1.807) is 18.7 Å². The Labute approximate surface area is 166 Å². The molecule has 0 spiro atoms. The molecule has 2 heterocycles. The molecular formula is C20H28N2O5S. The third-order valence-electron chi connectivity index (χ3n) is 5.57. The second-order valence-corrected chi connectivity index (χ2v) is 9.52. The van der Waals surface area contributed by atoms with Crippen LogP contribution in [-0.2, 0) is 37.3 Å². The molecule has 1 fully saturated rings. The van der Waals surface area contributed by atoms with E-state index in [9.17, 15) is 18.0 Å². The molecule has 28 heavy (non-hydrogen) atoms. The first-order valence-corrected chi connectivity index (χ1v) is 11.5. The number of amides is 1. The Balaban J connectivity index is 1.84. The van der Waals surface area contributed by atoms with E-state index in [4.69, 9.17) is 4.74 Å². The molecule has 3 rings (SSSR count). The maximum Gasteiger partial charge on any atom is 0.310 e. The van der Waals surface area contributed by atoms with Crippen LogP contribution in [0.25, 0.3) is 0 Å². The molecule has 8 heteroatoms. The van der Waals surface area contributed by atoms with E-state index >= 15 is 0 Å². The number of carbonyl (C=O) groups excluding carboxylic acids is 2. The van der Waals surface area contributed by atoms with Gasteiger partial charge >= 0.3 is 5.97 Å². The molecule has 1 saturated heterocycles. The zero-order valence-electron chi connectivity index (χ0n) is 16.5. The Hall–Kier alpha value is -1.93. The van der Waals surface area contributed by atoms with Gasteiger partial charge in [-0.3, -0.25) is 9.59 Å². The van der Waals surface area contributed by atoms with Crippen molar-refractivity contribution in [3.8, 4) is 0 Å². The van der Waals surface area contributed by atoms with E-state index in [1.807, 2.05) is 24.3 Å². The molecule has 1 amide bonds. The lowest BCUT2D eigenvalue weighted by Gasteiger charge is -2.39. The first-order chi connectivity index (χ1) is 13.4. The van der Waals surface area contributed by atoms with Gasteiger partial charge in [0.2, 0.25) is 15.9 Å². The number of carbonyl (C=O) groups is 2. The number of sulfonamides is 1. The number of nitrogens with zero attached hydrogens (tertiary/aromatic N) is 2. The van der Waals surface area contributed by atoms with Crippen molar-refractivity contribution >= 4 is 21.9 Å². The molecule has 0 aliphatic carbocycles. The summed E-state index contributed by atoms with van der Waals surface area (Å²) in [7, 11) is -3.54. The summed E-state index contributed by atoms with van der Waals surface area (Å²) >= 11 is 0. The van der Waals surface area contributed by atoms with E-state index in [2.05, 4.69) is 0 Å². The van der Waals surface area contributed by atoms with Gasteiger partial charge in [0.1, 0.15) is 6.04 Å². The molecule has 2 atom stereocenters. The maximum absolute atomic E-state index is 13.3. The number of piperidine rings is 1. The van der Waals surface area contributed by atoms with E-state index in [0.717, 1.165) is 11.1 Å². The molecule has 0 N–H and O–H groups in total. The van der Waals surface area contributed by atoms with Crippen molar-refractivity contribution in [2.75, 3.05) is 25.4 Å². The molecule has 0 unspecified atom stereocenters. The fourth-order valence-corrected chi connectivity index (χ4v) is 5.23. The van der Waals surface area contributed by atoms with Crippen LogP contribution in [0.2, 0.25) is 0 Å². The van der Waals surface area contributed by atoms with Gasteiger partial charge in [0.15, 0.2) is 0 Å². The van der Waals surface area contributed by atoms with Crippen molar-refractivity contribution in [1.82, 2.24) is 9.21 Å². The zero-order valence-corrected chi connectivity index (χ0v) is 17.3. The number of likely N-dealkylation sites (tertiary alicyclic amines) is 1. The van der Waals surface area contributed by atoms with Crippen LogP contribution in [0.3, 0.4) is 0 Å². The number of esters is 1. The monoisotopic (exact) mass is 408 g/mol. The predicted octanol–water partition coefficient (Wildman–Crippen LogP) is 1.56. The van der Waals surface area contributed by atoms with Crippen LogP contribution in [0.4, 0.5) is 0 Å². The number of fused-ring (bicyclic) bond motifs is 1. The Morgan fingerprint density at radius 2 is 1.89 bits per heavy atom. The normalized spacial score (nSPS) is 23.1. The first kappa shape index (κ1) is 20.8. The summed E-state index contributed by atoms with van der Waals surface area (Å²) in [5.41, 5.74) is 1.94. The molecule has 0 radical (unpaired) electrons. The molecule has 0 aromatic heterocycles. The Morgan fingerprint density at radius 3 is 2.57 bits per heavy atom. The highest BCUT2D eigenvalue weighted by Crippen LogP contribution is 2.28. The minimum absolute atomic E-state index is 0.0512. The summed E-state index contributed by atoms with van der Waals surface area (Å²) in [6.07, 6.45) is 1.75. The maximum atomic E-state index is 13.3. The minimum Gasteiger partial charge on any atom is -0.466 e. The van der Waals surface area contributed by atoms with Gasteiger partial charge in [-0.25, -0.2) is 8.42 Å². The molecular weight excluding hydrogens is 380 g/mol. The van der Waals surface area contributed by atoms with Crippen LogP contribution in [0.15, 0.2) is 24.3 Å². The van der Waals surface area contributed by atoms with E-state index < -0.39 is 16.1 Å². The molecule has 2 aliphatic rings. The topological polar surface area (TPSA) is 84.0 Å². The lowest BCUT2D eigenvalue weighted by atomic mass is 9.93. The summed E-state index contributed by atoms with van der Waals surface area (Å²) in [5.74, 6) is -0.901. The highest BCUT2D eigenvalue weighted by atomic mass is 32.2. The van der Waals surface area contributed by atoms with E-state index in [-0.39, 0.29) is 36.6 Å². The second-order valence-electron chi connectivity index (χ2n) is 7.31. The summed E-state index contributed by atoms with van der Waals surface area (Å²) < 4.78 is 31.9. The Kier molecular flexibility index (Phi) is 6.40. The lowest BCUT2D eigenvalue weighted by molar-refractivity contribution is -0.152. The smallest absolute Gasteiger partial charge is 0.310 e. The third kappa shape index (κ3) is 4.22. The highest BCUT2D eigenvalue weighted by Gasteiger charge is 2.41. The van der Waals surface area contributed by atoms with E-state index in [0.29, 0.717) is 32.4 Å². The van der Waals surface area contributed by atoms with Gasteiger partial charge in [-0.05, 0) is 44.2 Å². The van der Waals surface area contributed by atoms with Gasteiger partial charge in [0.25, 0.3) is 0 Å². The summed E-state index contributed by atoms with van der Waals surface area (Å²) in [4.78, 5) is 27.1. The number of hydrogen-bond acceptors (Lipinski definition) is 5. The van der Waals surface area contributed by atoms with Gasteiger partial charge in [-0.2, -0.15) is 4.31 Å². The third-order valence-corrected chi connectivity index (χ3v) is 7.39. The van der Waals surface area contributed by atoms with E-state index in [1.165, 1.54) is 4.31 Å². The fourth-order valence-electron chi connectivity index (χ4n) is 4.01. The van der Waals surface area contributed by atoms with Crippen molar-refractivity contribution in [3.63, 3.8) is 0 Å². The van der Waals surface area contributed by atoms with Crippen molar-refractivity contribution in [3.05, 3.63) is 35.4 Å². The molecule has 7 nitrogen and oxygen atoms in total. The predicted molar refractivity (Wildman–Crippen MR) is 105 cm³/mol. The molecule has 1 aromatic carbocycles. The number of hydrogen-bond donors (Lipinski definition) is 0. The molecule has 1 aromatic rings. The summed E-state index contributed by atoms with van der Waals surface area (Å²) in [6, 6.07) is 6.88. The average Bonchev–Trinajstić information content (AvgIpc) is 2.72. The van der Waals surface area contributed by atoms with Gasteiger partial charge in [-0.15, -0.1) is 0 Å². The number of rotatable bonds is 5. The fraction of sp³-hybridized carbons (Fsp3) is 0.600. The van der Waals surface area contributed by atoms with Gasteiger partial charge < -0.3 is 9.64 Å². The Bertz CT molecular complexity index is 839. The zero-order chi connectivity index (χ0) is 20.3. The summed E-state index contributed by atoms with van der Waals surface area (Å²) in [6.45, 7) is 4.69. The first-order valence-electron chi connectivity index (χ1n) is 9.89. The van der Waals surface area contributed by atoms with Crippen LogP contribution < -0.4 is 0 Å². The van der Waals surface area contributed by atoms with Crippen molar-refractivity contribution in [2.24, 2.45) is 5.92 Å². The molecule has 2 aliphatic heterocycles. The number of benzene rings is 1. The van der Waals surface area contributed by atoms with Crippen molar-refractivity contribution in [1.29, 1.82) is 0 Å². The quantitative estimate of drug-likeness (QED) is 0.691.